The Kier molecular flexibility index (Phi) is 7.69. The van der Waals surface area contributed by atoms with Gasteiger partial charge in [0.15, 0.2) is 0 Å². The van der Waals surface area contributed by atoms with E-state index in [1.165, 1.54) is 18.2 Å². The molecule has 1 aliphatic rings. The summed E-state index contributed by atoms with van der Waals surface area (Å²) in [4.78, 5) is 39.3. The van der Waals surface area contributed by atoms with Crippen molar-refractivity contribution in [1.82, 2.24) is 9.80 Å². The van der Waals surface area contributed by atoms with Crippen molar-refractivity contribution >= 4 is 29.3 Å². The molecule has 0 radical (unpaired) electrons. The van der Waals surface area contributed by atoms with Crippen LogP contribution in [0.3, 0.4) is 0 Å². The van der Waals surface area contributed by atoms with E-state index in [-0.39, 0.29) is 40.2 Å². The number of nitrogens with zero attached hydrogens (tertiary/aromatic N) is 3. The SMILES string of the molecule is CC(C)N(CC1CCCN(C(=O)c2ccc([N+](=O)[O-])cc2Cl)C1)C(=O)OC(C)(C)C. The Balaban J connectivity index is 2.09. The van der Waals surface area contributed by atoms with E-state index < -0.39 is 10.5 Å². The second kappa shape index (κ2) is 9.64. The van der Waals surface area contributed by atoms with E-state index in [4.69, 9.17) is 16.3 Å². The van der Waals surface area contributed by atoms with Gasteiger partial charge in [0.1, 0.15) is 5.60 Å². The minimum atomic E-state index is -0.578. The first-order valence-corrected chi connectivity index (χ1v) is 10.5. The molecule has 166 valence electrons. The molecule has 2 rings (SSSR count). The normalized spacial score (nSPS) is 17.0. The van der Waals surface area contributed by atoms with Gasteiger partial charge < -0.3 is 14.5 Å². The molecule has 2 amide bonds. The number of carbonyl (C=O) groups is 2. The first kappa shape index (κ1) is 23.9. The van der Waals surface area contributed by atoms with Crippen LogP contribution in [0.4, 0.5) is 10.5 Å². The number of hydrogen-bond donors (Lipinski definition) is 0. The highest BCUT2D eigenvalue weighted by atomic mass is 35.5. The number of rotatable bonds is 5. The Morgan fingerprint density at radius 2 is 2.03 bits per heavy atom. The summed E-state index contributed by atoms with van der Waals surface area (Å²) in [6.07, 6.45) is 1.34. The lowest BCUT2D eigenvalue weighted by molar-refractivity contribution is -0.384. The molecule has 1 aromatic carbocycles. The van der Waals surface area contributed by atoms with Gasteiger partial charge in [0, 0.05) is 37.8 Å². The second-order valence-corrected chi connectivity index (χ2v) is 9.31. The fraction of sp³-hybridized carbons (Fsp3) is 0.619. The average Bonchev–Trinajstić information content (AvgIpc) is 2.64. The minimum Gasteiger partial charge on any atom is -0.444 e. The molecule has 1 fully saturated rings. The Morgan fingerprint density at radius 3 is 2.57 bits per heavy atom. The third-order valence-electron chi connectivity index (χ3n) is 4.91. The van der Waals surface area contributed by atoms with Gasteiger partial charge in [-0.15, -0.1) is 0 Å². The Hall–Kier alpha value is -2.35. The predicted molar refractivity (Wildman–Crippen MR) is 115 cm³/mol. The van der Waals surface area contributed by atoms with Crippen LogP contribution in [0.5, 0.6) is 0 Å². The lowest BCUT2D eigenvalue weighted by Gasteiger charge is -2.37. The van der Waals surface area contributed by atoms with Crippen LogP contribution in [0.1, 0.15) is 57.8 Å². The predicted octanol–water partition coefficient (Wildman–Crippen LogP) is 4.75. The van der Waals surface area contributed by atoms with Crippen LogP contribution in [0, 0.1) is 16.0 Å². The van der Waals surface area contributed by atoms with Gasteiger partial charge >= 0.3 is 6.09 Å². The average molecular weight is 440 g/mol. The van der Waals surface area contributed by atoms with E-state index in [0.29, 0.717) is 19.6 Å². The van der Waals surface area contributed by atoms with Crippen LogP contribution in [0.15, 0.2) is 18.2 Å². The molecule has 1 unspecified atom stereocenters. The fourth-order valence-electron chi connectivity index (χ4n) is 3.45. The Bertz CT molecular complexity index is 806. The smallest absolute Gasteiger partial charge is 0.410 e. The summed E-state index contributed by atoms with van der Waals surface area (Å²) < 4.78 is 5.53. The Labute approximate surface area is 182 Å². The summed E-state index contributed by atoms with van der Waals surface area (Å²) in [6.45, 7) is 10.9. The molecular weight excluding hydrogens is 410 g/mol. The molecule has 1 saturated heterocycles. The largest absolute Gasteiger partial charge is 0.444 e. The number of halogens is 1. The van der Waals surface area contributed by atoms with Crippen molar-refractivity contribution in [2.45, 2.75) is 59.1 Å². The van der Waals surface area contributed by atoms with E-state index in [2.05, 4.69) is 0 Å². The maximum atomic E-state index is 13.0. The van der Waals surface area contributed by atoms with Gasteiger partial charge in [-0.2, -0.15) is 0 Å². The molecule has 0 aromatic heterocycles. The number of nitro groups is 1. The molecule has 0 N–H and O–H groups in total. The summed E-state index contributed by atoms with van der Waals surface area (Å²) in [7, 11) is 0. The molecule has 0 bridgehead atoms. The zero-order chi connectivity index (χ0) is 22.6. The maximum Gasteiger partial charge on any atom is 0.410 e. The summed E-state index contributed by atoms with van der Waals surface area (Å²) in [6, 6.07) is 3.84. The molecule has 0 spiro atoms. The molecule has 1 aromatic rings. The van der Waals surface area contributed by atoms with Crippen molar-refractivity contribution < 1.29 is 19.2 Å². The van der Waals surface area contributed by atoms with Crippen LogP contribution in [0.25, 0.3) is 0 Å². The molecule has 0 aliphatic carbocycles. The number of amides is 2. The molecule has 1 aliphatic heterocycles. The van der Waals surface area contributed by atoms with Crippen LogP contribution >= 0.6 is 11.6 Å². The van der Waals surface area contributed by atoms with Crippen molar-refractivity contribution in [3.63, 3.8) is 0 Å². The van der Waals surface area contributed by atoms with Crippen LogP contribution in [0.2, 0.25) is 5.02 Å². The third kappa shape index (κ3) is 6.32. The molecule has 1 heterocycles. The van der Waals surface area contributed by atoms with Gasteiger partial charge in [-0.1, -0.05) is 11.6 Å². The van der Waals surface area contributed by atoms with E-state index in [1.807, 2.05) is 34.6 Å². The van der Waals surface area contributed by atoms with Crippen molar-refractivity contribution in [2.75, 3.05) is 19.6 Å². The van der Waals surface area contributed by atoms with Crippen LogP contribution < -0.4 is 0 Å². The summed E-state index contributed by atoms with van der Waals surface area (Å²) in [5.41, 5.74) is -0.486. The van der Waals surface area contributed by atoms with Crippen molar-refractivity contribution in [2.24, 2.45) is 5.92 Å². The standard InChI is InChI=1S/C21H30ClN3O5/c1-14(2)24(20(27)30-21(3,4)5)13-15-7-6-10-23(12-15)19(26)17-9-8-16(25(28)29)11-18(17)22/h8-9,11,14-15H,6-7,10,12-13H2,1-5H3. The monoisotopic (exact) mass is 439 g/mol. The molecular formula is C21H30ClN3O5. The third-order valence-corrected chi connectivity index (χ3v) is 5.22. The van der Waals surface area contributed by atoms with Crippen molar-refractivity contribution in [1.29, 1.82) is 0 Å². The highest BCUT2D eigenvalue weighted by molar-refractivity contribution is 6.34. The maximum absolute atomic E-state index is 13.0. The number of carbonyl (C=O) groups excluding carboxylic acids is 2. The van der Waals surface area contributed by atoms with E-state index in [9.17, 15) is 19.7 Å². The molecule has 0 saturated carbocycles. The summed E-state index contributed by atoms with van der Waals surface area (Å²) in [5.74, 6) is -0.151. The quantitative estimate of drug-likeness (QED) is 0.487. The van der Waals surface area contributed by atoms with Crippen LogP contribution in [-0.2, 0) is 4.74 Å². The minimum absolute atomic E-state index is 0.0324. The second-order valence-electron chi connectivity index (χ2n) is 8.91. The number of non-ortho nitro benzene ring substituents is 1. The highest BCUT2D eigenvalue weighted by Gasteiger charge is 2.31. The van der Waals surface area contributed by atoms with E-state index in [0.717, 1.165) is 12.8 Å². The number of ether oxygens (including phenoxy) is 1. The van der Waals surface area contributed by atoms with Gasteiger partial charge in [-0.3, -0.25) is 14.9 Å². The van der Waals surface area contributed by atoms with Crippen LogP contribution in [-0.4, -0.2) is 58.0 Å². The number of nitro benzene ring substituents is 1. The van der Waals surface area contributed by atoms with Gasteiger partial charge in [-0.05, 0) is 59.4 Å². The van der Waals surface area contributed by atoms with Gasteiger partial charge in [-0.25, -0.2) is 4.79 Å². The van der Waals surface area contributed by atoms with Crippen molar-refractivity contribution in [3.8, 4) is 0 Å². The number of hydrogen-bond acceptors (Lipinski definition) is 5. The lowest BCUT2D eigenvalue weighted by atomic mass is 9.96. The first-order valence-electron chi connectivity index (χ1n) is 10.1. The molecule has 9 heteroatoms. The number of likely N-dealkylation sites (tertiary alicyclic amines) is 1. The number of piperidine rings is 1. The highest BCUT2D eigenvalue weighted by Crippen LogP contribution is 2.26. The lowest BCUT2D eigenvalue weighted by Crippen LogP contribution is -2.48. The van der Waals surface area contributed by atoms with Crippen molar-refractivity contribution in [3.05, 3.63) is 38.9 Å². The Morgan fingerprint density at radius 1 is 1.37 bits per heavy atom. The molecule has 30 heavy (non-hydrogen) atoms. The first-order chi connectivity index (χ1) is 13.9. The topological polar surface area (TPSA) is 93.0 Å². The zero-order valence-electron chi connectivity index (χ0n) is 18.2. The van der Waals surface area contributed by atoms with Gasteiger partial charge in [0.05, 0.1) is 15.5 Å². The number of benzene rings is 1. The van der Waals surface area contributed by atoms with E-state index >= 15 is 0 Å². The summed E-state index contributed by atoms with van der Waals surface area (Å²) in [5, 5.41) is 11.0. The van der Waals surface area contributed by atoms with Gasteiger partial charge in [0.2, 0.25) is 0 Å². The van der Waals surface area contributed by atoms with E-state index in [1.54, 1.807) is 9.80 Å². The van der Waals surface area contributed by atoms with Gasteiger partial charge in [0.25, 0.3) is 11.6 Å². The fourth-order valence-corrected chi connectivity index (χ4v) is 3.71. The summed E-state index contributed by atoms with van der Waals surface area (Å²) >= 11 is 6.13. The molecule has 1 atom stereocenters. The molecule has 8 nitrogen and oxygen atoms in total. The zero-order valence-corrected chi connectivity index (χ0v) is 18.9.